The number of hydrogen-bond acceptors (Lipinski definition) is 5. The number of nitro benzene ring substituents is 1. The number of nitro groups is 1. The Hall–Kier alpha value is -4.05. The molecule has 3 amide bonds. The lowest BCUT2D eigenvalue weighted by Gasteiger charge is -2.09. The molecule has 3 rings (SSSR count). The van der Waals surface area contributed by atoms with E-state index in [4.69, 9.17) is 0 Å². The molecule has 9 nitrogen and oxygen atoms in total. The van der Waals surface area contributed by atoms with Crippen LogP contribution >= 0.6 is 15.9 Å². The van der Waals surface area contributed by atoms with Gasteiger partial charge in [-0.25, -0.2) is 0 Å². The van der Waals surface area contributed by atoms with E-state index in [-0.39, 0.29) is 16.8 Å². The van der Waals surface area contributed by atoms with Gasteiger partial charge in [-0.1, -0.05) is 15.9 Å². The maximum atomic E-state index is 12.2. The lowest BCUT2D eigenvalue weighted by Crippen LogP contribution is -2.41. The molecule has 0 aromatic heterocycles. The zero-order chi connectivity index (χ0) is 22.4. The molecule has 0 aliphatic heterocycles. The molecule has 0 heterocycles. The van der Waals surface area contributed by atoms with Crippen LogP contribution < -0.4 is 16.2 Å². The van der Waals surface area contributed by atoms with E-state index in [1.54, 1.807) is 24.3 Å². The minimum Gasteiger partial charge on any atom is -0.322 e. The highest BCUT2D eigenvalue weighted by atomic mass is 79.9. The lowest BCUT2D eigenvalue weighted by molar-refractivity contribution is -0.384. The molecule has 0 atom stereocenters. The van der Waals surface area contributed by atoms with Crippen LogP contribution in [0.5, 0.6) is 0 Å². The number of hydrogen-bond donors (Lipinski definition) is 3. The van der Waals surface area contributed by atoms with Crippen molar-refractivity contribution < 1.29 is 19.3 Å². The van der Waals surface area contributed by atoms with Crippen molar-refractivity contribution in [3.05, 3.63) is 104 Å². The number of carbonyl (C=O) groups is 3. The Labute approximate surface area is 184 Å². The zero-order valence-corrected chi connectivity index (χ0v) is 17.4. The summed E-state index contributed by atoms with van der Waals surface area (Å²) in [4.78, 5) is 46.6. The van der Waals surface area contributed by atoms with Gasteiger partial charge in [0.2, 0.25) is 0 Å². The van der Waals surface area contributed by atoms with Crippen molar-refractivity contribution in [3.63, 3.8) is 0 Å². The van der Waals surface area contributed by atoms with Gasteiger partial charge in [-0.05, 0) is 60.7 Å². The van der Waals surface area contributed by atoms with Crippen LogP contribution in [-0.4, -0.2) is 22.6 Å². The van der Waals surface area contributed by atoms with Crippen molar-refractivity contribution in [2.75, 3.05) is 5.32 Å². The van der Waals surface area contributed by atoms with Crippen molar-refractivity contribution in [2.45, 2.75) is 0 Å². The topological polar surface area (TPSA) is 130 Å². The molecule has 3 aromatic carbocycles. The average molecular weight is 483 g/mol. The van der Waals surface area contributed by atoms with Crippen molar-refractivity contribution >= 4 is 45.0 Å². The molecule has 0 saturated heterocycles. The number of amides is 3. The molecular formula is C21H15BrN4O5. The van der Waals surface area contributed by atoms with E-state index < -0.39 is 22.6 Å². The number of hydrazine groups is 1. The fourth-order valence-electron chi connectivity index (χ4n) is 2.50. The van der Waals surface area contributed by atoms with Gasteiger partial charge in [0.15, 0.2) is 0 Å². The number of nitrogens with zero attached hydrogens (tertiary/aromatic N) is 1. The van der Waals surface area contributed by atoms with Gasteiger partial charge in [-0.3, -0.25) is 35.3 Å². The first-order valence-corrected chi connectivity index (χ1v) is 9.65. The van der Waals surface area contributed by atoms with Crippen molar-refractivity contribution in [2.24, 2.45) is 0 Å². The SMILES string of the molecule is O=C(NNC(=O)c1ccc(NC(=O)c2ccc([N+](=O)[O-])cc2)cc1)c1ccc(Br)cc1. The highest BCUT2D eigenvalue weighted by Gasteiger charge is 2.12. The van der Waals surface area contributed by atoms with E-state index in [1.165, 1.54) is 48.5 Å². The highest BCUT2D eigenvalue weighted by Crippen LogP contribution is 2.15. The van der Waals surface area contributed by atoms with E-state index in [0.29, 0.717) is 11.3 Å². The highest BCUT2D eigenvalue weighted by molar-refractivity contribution is 9.10. The van der Waals surface area contributed by atoms with Gasteiger partial charge < -0.3 is 5.32 Å². The van der Waals surface area contributed by atoms with Crippen molar-refractivity contribution in [1.29, 1.82) is 0 Å². The Morgan fingerprint density at radius 2 is 1.10 bits per heavy atom. The summed E-state index contributed by atoms with van der Waals surface area (Å²) in [5.41, 5.74) is 5.87. The Morgan fingerprint density at radius 3 is 1.58 bits per heavy atom. The van der Waals surface area contributed by atoms with Crippen LogP contribution in [0.25, 0.3) is 0 Å². The molecule has 0 bridgehead atoms. The summed E-state index contributed by atoms with van der Waals surface area (Å²) in [5, 5.41) is 13.3. The van der Waals surface area contributed by atoms with Crippen LogP contribution in [0.3, 0.4) is 0 Å². The average Bonchev–Trinajstić information content (AvgIpc) is 2.78. The third-order valence-corrected chi connectivity index (χ3v) is 4.67. The molecule has 0 saturated carbocycles. The number of anilines is 1. The van der Waals surface area contributed by atoms with E-state index in [2.05, 4.69) is 32.1 Å². The third kappa shape index (κ3) is 5.73. The predicted octanol–water partition coefficient (Wildman–Crippen LogP) is 3.68. The van der Waals surface area contributed by atoms with Gasteiger partial charge in [0.1, 0.15) is 0 Å². The van der Waals surface area contributed by atoms with Crippen LogP contribution in [0.15, 0.2) is 77.3 Å². The first-order chi connectivity index (χ1) is 14.8. The number of nitrogens with one attached hydrogen (secondary N) is 3. The second-order valence-electron chi connectivity index (χ2n) is 6.25. The smallest absolute Gasteiger partial charge is 0.269 e. The number of benzene rings is 3. The maximum Gasteiger partial charge on any atom is 0.269 e. The van der Waals surface area contributed by atoms with Crippen LogP contribution in [-0.2, 0) is 0 Å². The van der Waals surface area contributed by atoms with E-state index >= 15 is 0 Å². The van der Waals surface area contributed by atoms with Crippen LogP contribution in [0, 0.1) is 10.1 Å². The molecule has 156 valence electrons. The van der Waals surface area contributed by atoms with Gasteiger partial charge in [0, 0.05) is 39.0 Å². The van der Waals surface area contributed by atoms with Crippen molar-refractivity contribution in [1.82, 2.24) is 10.9 Å². The Bertz CT molecular complexity index is 1130. The summed E-state index contributed by atoms with van der Waals surface area (Å²) < 4.78 is 0.828. The standard InChI is InChI=1S/C21H15BrN4O5/c22-16-7-1-14(2-8-16)20(28)24-25-21(29)15-3-9-17(10-4-15)23-19(27)13-5-11-18(12-6-13)26(30)31/h1-12H,(H,23,27)(H,24,28)(H,25,29). The Kier molecular flexibility index (Phi) is 6.73. The molecule has 3 N–H and O–H groups in total. The van der Waals surface area contributed by atoms with Gasteiger partial charge in [0.05, 0.1) is 4.92 Å². The molecule has 0 spiro atoms. The molecule has 31 heavy (non-hydrogen) atoms. The molecule has 0 fully saturated rings. The second-order valence-corrected chi connectivity index (χ2v) is 7.17. The summed E-state index contributed by atoms with van der Waals surface area (Å²) in [6, 6.07) is 17.8. The summed E-state index contributed by atoms with van der Waals surface area (Å²) in [6.45, 7) is 0. The minimum absolute atomic E-state index is 0.112. The quantitative estimate of drug-likeness (QED) is 0.377. The van der Waals surface area contributed by atoms with Gasteiger partial charge in [-0.2, -0.15) is 0 Å². The van der Waals surface area contributed by atoms with Crippen LogP contribution in [0.4, 0.5) is 11.4 Å². The summed E-state index contributed by atoms with van der Waals surface area (Å²) in [5.74, 6) is -1.44. The number of halogens is 1. The fraction of sp³-hybridized carbons (Fsp3) is 0. The lowest BCUT2D eigenvalue weighted by atomic mass is 10.1. The second kappa shape index (κ2) is 9.63. The molecule has 0 aliphatic carbocycles. The van der Waals surface area contributed by atoms with Gasteiger partial charge in [-0.15, -0.1) is 0 Å². The van der Waals surface area contributed by atoms with Gasteiger partial charge in [0.25, 0.3) is 23.4 Å². The number of rotatable bonds is 5. The minimum atomic E-state index is -0.549. The normalized spacial score (nSPS) is 10.1. The number of non-ortho nitro benzene ring substituents is 1. The molecule has 0 radical (unpaired) electrons. The molecule has 0 unspecified atom stereocenters. The molecule has 0 aliphatic rings. The van der Waals surface area contributed by atoms with Gasteiger partial charge >= 0.3 is 0 Å². The first-order valence-electron chi connectivity index (χ1n) is 8.85. The summed E-state index contributed by atoms with van der Waals surface area (Å²) >= 11 is 3.28. The van der Waals surface area contributed by atoms with E-state index in [9.17, 15) is 24.5 Å². The molecule has 10 heteroatoms. The largest absolute Gasteiger partial charge is 0.322 e. The Balaban J connectivity index is 1.55. The van der Waals surface area contributed by atoms with Crippen LogP contribution in [0.1, 0.15) is 31.1 Å². The fourth-order valence-corrected chi connectivity index (χ4v) is 2.77. The third-order valence-electron chi connectivity index (χ3n) is 4.14. The monoisotopic (exact) mass is 482 g/mol. The summed E-state index contributed by atoms with van der Waals surface area (Å²) in [7, 11) is 0. The molecular weight excluding hydrogens is 468 g/mol. The van der Waals surface area contributed by atoms with E-state index in [0.717, 1.165) is 4.47 Å². The predicted molar refractivity (Wildman–Crippen MR) is 117 cm³/mol. The number of carbonyl (C=O) groups excluding carboxylic acids is 3. The first kappa shape index (κ1) is 21.7. The molecule has 3 aromatic rings. The summed E-state index contributed by atoms with van der Waals surface area (Å²) in [6.07, 6.45) is 0. The van der Waals surface area contributed by atoms with Crippen LogP contribution in [0.2, 0.25) is 0 Å². The van der Waals surface area contributed by atoms with Crippen molar-refractivity contribution in [3.8, 4) is 0 Å². The Morgan fingerprint density at radius 1 is 0.677 bits per heavy atom. The maximum absolute atomic E-state index is 12.2. The van der Waals surface area contributed by atoms with E-state index in [1.807, 2.05) is 0 Å². The zero-order valence-electron chi connectivity index (χ0n) is 15.8.